The third-order valence-electron chi connectivity index (χ3n) is 21.8. The highest BCUT2D eigenvalue weighted by molar-refractivity contribution is 8.36. The van der Waals surface area contributed by atoms with Crippen molar-refractivity contribution in [2.45, 2.75) is 188 Å². The van der Waals surface area contributed by atoms with Gasteiger partial charge in [0.2, 0.25) is 0 Å². The van der Waals surface area contributed by atoms with Crippen LogP contribution in [0.3, 0.4) is 0 Å². The largest absolute Gasteiger partial charge is 0.468 e. The summed E-state index contributed by atoms with van der Waals surface area (Å²) in [6, 6.07) is 70.2. The van der Waals surface area contributed by atoms with Crippen LogP contribution in [0.25, 0.3) is 16.4 Å². The zero-order valence-corrected chi connectivity index (χ0v) is 62.3. The molecule has 0 amide bonds. The monoisotopic (exact) mass is 1280 g/mol. The van der Waals surface area contributed by atoms with E-state index >= 15 is 0 Å². The van der Waals surface area contributed by atoms with Crippen molar-refractivity contribution in [3.05, 3.63) is 225 Å². The van der Waals surface area contributed by atoms with Gasteiger partial charge in [-0.2, -0.15) is 10.0 Å². The molecule has 5 aliphatic rings. The summed E-state index contributed by atoms with van der Waals surface area (Å²) in [7, 11) is -1.65. The van der Waals surface area contributed by atoms with Crippen LogP contribution in [0.15, 0.2) is 190 Å². The highest BCUT2D eigenvalue weighted by atomic mass is 32.3. The van der Waals surface area contributed by atoms with Crippen LogP contribution < -0.4 is 47.1 Å². The Hall–Kier alpha value is -8.06. The molecule has 0 saturated heterocycles. The molecular formula is C88H98B2N4OS. The van der Waals surface area contributed by atoms with E-state index in [1.807, 2.05) is 0 Å². The minimum atomic E-state index is -1.65. The van der Waals surface area contributed by atoms with Crippen molar-refractivity contribution in [3.8, 4) is 0 Å². The van der Waals surface area contributed by atoms with Crippen molar-refractivity contribution in [1.29, 1.82) is 0 Å². The zero-order valence-electron chi connectivity index (χ0n) is 61.5. The van der Waals surface area contributed by atoms with E-state index in [9.17, 15) is 0 Å². The molecule has 6 heterocycles. The molecule has 96 heavy (non-hydrogen) atoms. The lowest BCUT2D eigenvalue weighted by Crippen LogP contribution is -2.63. The van der Waals surface area contributed by atoms with E-state index in [1.165, 1.54) is 116 Å². The molecule has 0 N–H and O–H groups in total. The van der Waals surface area contributed by atoms with Crippen LogP contribution >= 0.6 is 10.0 Å². The first-order valence-electron chi connectivity index (χ1n) is 35.1. The van der Waals surface area contributed by atoms with Gasteiger partial charge in [0.15, 0.2) is 0 Å². The van der Waals surface area contributed by atoms with Gasteiger partial charge in [-0.3, -0.25) is 0 Å². The zero-order chi connectivity index (χ0) is 68.4. The average Bonchev–Trinajstić information content (AvgIpc) is 1.26. The molecule has 0 fully saturated rings. The molecule has 5 nitrogen and oxygen atoms in total. The van der Waals surface area contributed by atoms with E-state index in [-0.39, 0.29) is 51.3 Å². The van der Waals surface area contributed by atoms with E-state index in [0.29, 0.717) is 0 Å². The van der Waals surface area contributed by atoms with Crippen LogP contribution in [0.5, 0.6) is 0 Å². The van der Waals surface area contributed by atoms with Crippen molar-refractivity contribution >= 4 is 130 Å². The molecule has 0 saturated carbocycles. The van der Waals surface area contributed by atoms with E-state index in [1.54, 1.807) is 0 Å². The number of benzene rings is 9. The maximum Gasteiger partial charge on any atom is 0.297 e. The summed E-state index contributed by atoms with van der Waals surface area (Å²) in [6.07, 6.45) is 5.13. The van der Waals surface area contributed by atoms with Crippen LogP contribution in [-0.2, 0) is 37.9 Å². The van der Waals surface area contributed by atoms with Crippen molar-refractivity contribution in [2.24, 2.45) is 0 Å². The molecule has 488 valence electrons. The summed E-state index contributed by atoms with van der Waals surface area (Å²) in [5.74, 6) is 0. The lowest BCUT2D eigenvalue weighted by Gasteiger charge is -2.49. The Morgan fingerprint density at radius 3 is 1.10 bits per heavy atom. The van der Waals surface area contributed by atoms with Crippen LogP contribution in [0.1, 0.15) is 190 Å². The highest BCUT2D eigenvalue weighted by Gasteiger charge is 2.54. The summed E-state index contributed by atoms with van der Waals surface area (Å²) < 4.78 is 7.80. The first-order valence-corrected chi connectivity index (χ1v) is 37.6. The predicted molar refractivity (Wildman–Crippen MR) is 420 cm³/mol. The Kier molecular flexibility index (Phi) is 14.0. The van der Waals surface area contributed by atoms with Crippen LogP contribution in [0.2, 0.25) is 0 Å². The Morgan fingerprint density at radius 2 is 0.677 bits per heavy atom. The number of anilines is 11. The molecule has 0 unspecified atom stereocenters. The van der Waals surface area contributed by atoms with Gasteiger partial charge in [0.1, 0.15) is 5.58 Å². The number of hydrogen-bond acceptors (Lipinski definition) is 5. The van der Waals surface area contributed by atoms with Gasteiger partial charge < -0.3 is 24.0 Å². The molecule has 0 radical (unpaired) electrons. The lowest BCUT2D eigenvalue weighted by atomic mass is 9.30. The van der Waals surface area contributed by atoms with Gasteiger partial charge in [-0.05, 0) is 219 Å². The maximum atomic E-state index is 7.80. The van der Waals surface area contributed by atoms with Gasteiger partial charge in [0.05, 0.1) is 16.4 Å². The topological polar surface area (TPSA) is 26.1 Å². The molecule has 1 aromatic heterocycles. The first-order chi connectivity index (χ1) is 44.8. The Balaban J connectivity index is 1.12. The standard InChI is InChI=1S/C88H98B2N4OS/c1-82(2,3)53-28-37-60(38-29-53)91-68-52-69-67(51-66(68)89-76-64-26-24-25-27-75(64)96(22,23)81(76)94(63-43-34-56(35-44-63)85(10,11)12)73-50-59(88(19,20)21)47-70(91)77(73)89)90-78-71(92(69)61-39-30-54(31-40-61)83(4,5)6)48-58(87(16,17)18)49-72(78)93(62-41-32-55(33-42-62)84(7,8)9)79-65-46-57(86(13,14)15)36-45-74(65)95-80(79)90/h24-52H,1-23H3. The van der Waals surface area contributed by atoms with Crippen molar-refractivity contribution in [1.82, 2.24) is 0 Å². The molecule has 8 heteroatoms. The summed E-state index contributed by atoms with van der Waals surface area (Å²) in [5.41, 5.74) is 31.2. The van der Waals surface area contributed by atoms with Gasteiger partial charge in [0, 0.05) is 67.2 Å². The van der Waals surface area contributed by atoms with Crippen molar-refractivity contribution < 1.29 is 4.42 Å². The van der Waals surface area contributed by atoms with Crippen LogP contribution in [-0.4, -0.2) is 25.9 Å². The fourth-order valence-electron chi connectivity index (χ4n) is 16.1. The third-order valence-corrected chi connectivity index (χ3v) is 24.6. The molecule has 0 bridgehead atoms. The minimum absolute atomic E-state index is 0.00425. The van der Waals surface area contributed by atoms with E-state index in [2.05, 4.69) is 353 Å². The van der Waals surface area contributed by atoms with Crippen LogP contribution in [0.4, 0.5) is 62.6 Å². The molecule has 0 spiro atoms. The highest BCUT2D eigenvalue weighted by Crippen LogP contribution is 2.70. The van der Waals surface area contributed by atoms with E-state index in [0.717, 1.165) is 45.1 Å². The first kappa shape index (κ1) is 64.0. The maximum absolute atomic E-state index is 7.80. The van der Waals surface area contributed by atoms with Gasteiger partial charge >= 0.3 is 0 Å². The number of fused-ring (bicyclic) bond motifs is 11. The number of furan rings is 1. The second-order valence-corrected chi connectivity index (χ2v) is 39.5. The third kappa shape index (κ3) is 9.93. The van der Waals surface area contributed by atoms with E-state index in [4.69, 9.17) is 4.42 Å². The van der Waals surface area contributed by atoms with Crippen LogP contribution in [0, 0.1) is 0 Å². The Labute approximate surface area is 576 Å². The number of hydrogen-bond donors (Lipinski definition) is 0. The van der Waals surface area contributed by atoms with Crippen molar-refractivity contribution in [3.63, 3.8) is 0 Å². The predicted octanol–water partition coefficient (Wildman–Crippen LogP) is 21.5. The fraction of sp³-hybridized carbons (Fsp3) is 0.341. The fourth-order valence-corrected chi connectivity index (χ4v) is 18.8. The summed E-state index contributed by atoms with van der Waals surface area (Å²) in [4.78, 5) is 12.1. The molecular weight excluding hydrogens is 1180 g/mol. The summed E-state index contributed by atoms with van der Waals surface area (Å²) in [5, 5.41) is 2.56. The van der Waals surface area contributed by atoms with Gasteiger partial charge in [-0.1, -0.05) is 224 Å². The Morgan fingerprint density at radius 1 is 0.323 bits per heavy atom. The molecule has 0 atom stereocenters. The smallest absolute Gasteiger partial charge is 0.297 e. The summed E-state index contributed by atoms with van der Waals surface area (Å²) in [6.45, 7) is 48.8. The summed E-state index contributed by atoms with van der Waals surface area (Å²) >= 11 is 0. The SMILES string of the molecule is CC(C)(C)c1ccc(N2C3=C(B4c5cc6c(cc5N(c5ccc(C(C)(C)C)cc5)c5cc(C(C)(C)C)cc2c54)N(c2ccc(C(C)(C)C)cc2)c2cc(C(C)(C)C)cc4c2B6c2oc5ccc(C(C)(C)C)cc5c2N4c2ccc(C(C)(C)C)cc2)c2ccccc2S3(C)C)cc1. The molecule has 0 aliphatic carbocycles. The average molecular weight is 1280 g/mol. The second kappa shape index (κ2) is 21.0. The molecule has 5 aliphatic heterocycles. The lowest BCUT2D eigenvalue weighted by molar-refractivity contribution is 0.589. The normalized spacial score (nSPS) is 16.1. The Bertz CT molecular complexity index is 4880. The molecule has 9 aromatic carbocycles. The minimum Gasteiger partial charge on any atom is -0.468 e. The quantitative estimate of drug-likeness (QED) is 0.164. The number of nitrogens with zero attached hydrogens (tertiary/aromatic N) is 4. The van der Waals surface area contributed by atoms with Gasteiger partial charge in [-0.15, -0.1) is 0 Å². The van der Waals surface area contributed by atoms with Gasteiger partial charge in [0.25, 0.3) is 13.4 Å². The molecule has 15 rings (SSSR count). The number of rotatable bonds is 4. The second-order valence-electron chi connectivity index (χ2n) is 36.0. The molecule has 10 aromatic rings. The van der Waals surface area contributed by atoms with Crippen molar-refractivity contribution in [2.75, 3.05) is 32.1 Å². The van der Waals surface area contributed by atoms with E-state index < -0.39 is 10.0 Å². The van der Waals surface area contributed by atoms with Gasteiger partial charge in [-0.25, -0.2) is 0 Å².